The lowest BCUT2D eigenvalue weighted by atomic mass is 10.2. The average Bonchev–Trinajstić information content (AvgIpc) is 2.69. The second kappa shape index (κ2) is 8.46. The Hall–Kier alpha value is -2.16. The van der Waals surface area contributed by atoms with Crippen LogP contribution in [0.5, 0.6) is 0 Å². The SMILES string of the molecule is CN(CC(=O)N1CCN(c2ccccc2F)CC1)S(=O)(=O)c1ccc(Cl)cc1. The van der Waals surface area contributed by atoms with Crippen LogP contribution in [-0.4, -0.2) is 63.3 Å². The van der Waals surface area contributed by atoms with Crippen LogP contribution >= 0.6 is 11.6 Å². The number of halogens is 2. The standard InChI is InChI=1S/C19H21ClFN3O3S/c1-22(28(26,27)16-8-6-15(20)7-9-16)14-19(25)24-12-10-23(11-13-24)18-5-3-2-4-17(18)21/h2-9H,10-14H2,1H3. The molecular weight excluding hydrogens is 405 g/mol. The van der Waals surface area contributed by atoms with Gasteiger partial charge in [-0.2, -0.15) is 4.31 Å². The molecule has 0 atom stereocenters. The Kier molecular flexibility index (Phi) is 6.22. The minimum atomic E-state index is -3.78. The van der Waals surface area contributed by atoms with Crippen molar-refractivity contribution in [1.29, 1.82) is 0 Å². The van der Waals surface area contributed by atoms with Gasteiger partial charge in [0.25, 0.3) is 0 Å². The molecule has 0 radical (unpaired) electrons. The fraction of sp³-hybridized carbons (Fsp3) is 0.316. The molecule has 0 N–H and O–H groups in total. The Labute approximate surface area is 169 Å². The minimum Gasteiger partial charge on any atom is -0.366 e. The van der Waals surface area contributed by atoms with E-state index in [1.165, 1.54) is 37.4 Å². The zero-order valence-electron chi connectivity index (χ0n) is 15.4. The fourth-order valence-corrected chi connectivity index (χ4v) is 4.31. The quantitative estimate of drug-likeness (QED) is 0.738. The monoisotopic (exact) mass is 425 g/mol. The summed E-state index contributed by atoms with van der Waals surface area (Å²) in [5, 5.41) is 0.436. The van der Waals surface area contributed by atoms with Crippen LogP contribution in [0.1, 0.15) is 0 Å². The van der Waals surface area contributed by atoms with E-state index in [2.05, 4.69) is 0 Å². The molecular formula is C19H21ClFN3O3S. The summed E-state index contributed by atoms with van der Waals surface area (Å²) >= 11 is 5.80. The van der Waals surface area contributed by atoms with Crippen LogP contribution < -0.4 is 4.90 Å². The molecule has 0 saturated carbocycles. The van der Waals surface area contributed by atoms with Crippen LogP contribution in [0.15, 0.2) is 53.4 Å². The lowest BCUT2D eigenvalue weighted by Crippen LogP contribution is -2.51. The predicted octanol–water partition coefficient (Wildman–Crippen LogP) is 2.45. The first-order valence-corrected chi connectivity index (χ1v) is 10.6. The van der Waals surface area contributed by atoms with Gasteiger partial charge in [0.15, 0.2) is 0 Å². The molecule has 2 aromatic carbocycles. The number of sulfonamides is 1. The van der Waals surface area contributed by atoms with E-state index < -0.39 is 10.0 Å². The largest absolute Gasteiger partial charge is 0.366 e. The van der Waals surface area contributed by atoms with Crippen LogP contribution in [0.25, 0.3) is 0 Å². The van der Waals surface area contributed by atoms with Gasteiger partial charge >= 0.3 is 0 Å². The summed E-state index contributed by atoms with van der Waals surface area (Å²) in [6, 6.07) is 12.3. The van der Waals surface area contributed by atoms with Crippen molar-refractivity contribution in [2.45, 2.75) is 4.90 Å². The number of hydrogen-bond acceptors (Lipinski definition) is 4. The van der Waals surface area contributed by atoms with Gasteiger partial charge in [-0.25, -0.2) is 12.8 Å². The molecule has 3 rings (SSSR count). The van der Waals surface area contributed by atoms with Crippen molar-refractivity contribution in [2.24, 2.45) is 0 Å². The van der Waals surface area contributed by atoms with E-state index in [0.29, 0.717) is 36.9 Å². The number of para-hydroxylation sites is 1. The highest BCUT2D eigenvalue weighted by Gasteiger charge is 2.27. The third-order valence-electron chi connectivity index (χ3n) is 4.71. The summed E-state index contributed by atoms with van der Waals surface area (Å²) in [7, 11) is -2.41. The smallest absolute Gasteiger partial charge is 0.243 e. The Bertz CT molecular complexity index is 945. The highest BCUT2D eigenvalue weighted by atomic mass is 35.5. The lowest BCUT2D eigenvalue weighted by molar-refractivity contribution is -0.131. The van der Waals surface area contributed by atoms with Crippen molar-refractivity contribution >= 4 is 33.2 Å². The fourth-order valence-electron chi connectivity index (χ4n) is 3.07. The molecule has 0 aliphatic carbocycles. The van der Waals surface area contributed by atoms with Gasteiger partial charge in [-0.3, -0.25) is 4.79 Å². The summed E-state index contributed by atoms with van der Waals surface area (Å²) in [4.78, 5) is 16.1. The first kappa shape index (κ1) is 20.6. The average molecular weight is 426 g/mol. The second-order valence-electron chi connectivity index (χ2n) is 6.53. The summed E-state index contributed by atoms with van der Waals surface area (Å²) in [5.74, 6) is -0.579. The van der Waals surface area contributed by atoms with Gasteiger partial charge in [-0.05, 0) is 36.4 Å². The molecule has 1 saturated heterocycles. The lowest BCUT2D eigenvalue weighted by Gasteiger charge is -2.36. The number of amides is 1. The van der Waals surface area contributed by atoms with Crippen LogP contribution in [-0.2, 0) is 14.8 Å². The molecule has 1 fully saturated rings. The van der Waals surface area contributed by atoms with E-state index in [-0.39, 0.29) is 23.2 Å². The predicted molar refractivity (Wildman–Crippen MR) is 106 cm³/mol. The first-order valence-electron chi connectivity index (χ1n) is 8.78. The topological polar surface area (TPSA) is 60.9 Å². The molecule has 2 aromatic rings. The van der Waals surface area contributed by atoms with Crippen molar-refractivity contribution in [3.05, 3.63) is 59.4 Å². The number of rotatable bonds is 5. The molecule has 0 unspecified atom stereocenters. The third kappa shape index (κ3) is 4.45. The molecule has 0 spiro atoms. The zero-order chi connectivity index (χ0) is 20.3. The van der Waals surface area contributed by atoms with Crippen LogP contribution in [0.4, 0.5) is 10.1 Å². The highest BCUT2D eigenvalue weighted by Crippen LogP contribution is 2.21. The maximum absolute atomic E-state index is 13.9. The maximum Gasteiger partial charge on any atom is 0.243 e. The number of benzene rings is 2. The Morgan fingerprint density at radius 3 is 2.29 bits per heavy atom. The molecule has 1 heterocycles. The van der Waals surface area contributed by atoms with Crippen LogP contribution in [0, 0.1) is 5.82 Å². The molecule has 0 aromatic heterocycles. The zero-order valence-corrected chi connectivity index (χ0v) is 17.0. The van der Waals surface area contributed by atoms with Gasteiger partial charge in [-0.1, -0.05) is 23.7 Å². The second-order valence-corrected chi connectivity index (χ2v) is 9.02. The number of hydrogen-bond donors (Lipinski definition) is 0. The molecule has 150 valence electrons. The Balaban J connectivity index is 1.59. The van der Waals surface area contributed by atoms with Gasteiger partial charge in [-0.15, -0.1) is 0 Å². The van der Waals surface area contributed by atoms with Crippen molar-refractivity contribution in [2.75, 3.05) is 44.7 Å². The van der Waals surface area contributed by atoms with E-state index >= 15 is 0 Å². The number of piperazine rings is 1. The molecule has 9 heteroatoms. The maximum atomic E-state index is 13.9. The first-order chi connectivity index (χ1) is 13.3. The molecule has 6 nitrogen and oxygen atoms in total. The normalized spacial score (nSPS) is 15.1. The van der Waals surface area contributed by atoms with E-state index in [9.17, 15) is 17.6 Å². The van der Waals surface area contributed by atoms with Gasteiger partial charge in [0, 0.05) is 38.2 Å². The van der Waals surface area contributed by atoms with Crippen molar-refractivity contribution in [1.82, 2.24) is 9.21 Å². The van der Waals surface area contributed by atoms with Crippen LogP contribution in [0.3, 0.4) is 0 Å². The number of likely N-dealkylation sites (N-methyl/N-ethyl adjacent to an activating group) is 1. The van der Waals surface area contributed by atoms with Gasteiger partial charge in [0.1, 0.15) is 5.82 Å². The summed E-state index contributed by atoms with van der Waals surface area (Å²) in [6.45, 7) is 1.52. The van der Waals surface area contributed by atoms with Crippen molar-refractivity contribution < 1.29 is 17.6 Å². The van der Waals surface area contributed by atoms with Gasteiger partial charge < -0.3 is 9.80 Å². The molecule has 0 bridgehead atoms. The highest BCUT2D eigenvalue weighted by molar-refractivity contribution is 7.89. The number of anilines is 1. The van der Waals surface area contributed by atoms with Gasteiger partial charge in [0.05, 0.1) is 17.1 Å². The van der Waals surface area contributed by atoms with Crippen molar-refractivity contribution in [3.63, 3.8) is 0 Å². The van der Waals surface area contributed by atoms with Crippen LogP contribution in [0.2, 0.25) is 5.02 Å². The summed E-state index contributed by atoms with van der Waals surface area (Å²) < 4.78 is 40.1. The van der Waals surface area contributed by atoms with E-state index in [0.717, 1.165) is 4.31 Å². The molecule has 1 aliphatic heterocycles. The van der Waals surface area contributed by atoms with E-state index in [4.69, 9.17) is 11.6 Å². The van der Waals surface area contributed by atoms with E-state index in [1.807, 2.05) is 4.90 Å². The number of nitrogens with zero attached hydrogens (tertiary/aromatic N) is 3. The summed E-state index contributed by atoms with van der Waals surface area (Å²) in [6.07, 6.45) is 0. The summed E-state index contributed by atoms with van der Waals surface area (Å²) in [5.41, 5.74) is 0.511. The molecule has 28 heavy (non-hydrogen) atoms. The Morgan fingerprint density at radius 2 is 1.68 bits per heavy atom. The number of carbonyl (C=O) groups excluding carboxylic acids is 1. The third-order valence-corrected chi connectivity index (χ3v) is 6.77. The van der Waals surface area contributed by atoms with Crippen molar-refractivity contribution in [3.8, 4) is 0 Å². The minimum absolute atomic E-state index is 0.0802. The Morgan fingerprint density at radius 1 is 1.07 bits per heavy atom. The molecule has 1 aliphatic rings. The number of carbonyl (C=O) groups is 1. The van der Waals surface area contributed by atoms with E-state index in [1.54, 1.807) is 23.1 Å². The van der Waals surface area contributed by atoms with Gasteiger partial charge in [0.2, 0.25) is 15.9 Å². The molecule has 1 amide bonds.